The number of methoxy groups -OCH3 is 1. The highest BCUT2D eigenvalue weighted by Crippen LogP contribution is 2.21. The number of nitrogens with zero attached hydrogens (tertiary/aromatic N) is 1. The minimum atomic E-state index is 0.561. The van der Waals surface area contributed by atoms with Gasteiger partial charge in [-0.3, -0.25) is 0 Å². The van der Waals surface area contributed by atoms with E-state index in [1.807, 2.05) is 24.3 Å². The second kappa shape index (κ2) is 5.21. The van der Waals surface area contributed by atoms with Crippen LogP contribution in [0.5, 0.6) is 11.5 Å². The fourth-order valence-electron chi connectivity index (χ4n) is 2.07. The molecule has 2 rings (SSSR count). The van der Waals surface area contributed by atoms with E-state index in [2.05, 4.69) is 11.9 Å². The van der Waals surface area contributed by atoms with Gasteiger partial charge in [0.2, 0.25) is 0 Å². The number of likely N-dealkylation sites (tertiary alicyclic amines) is 1. The average Bonchev–Trinajstić information content (AvgIpc) is 2.72. The lowest BCUT2D eigenvalue weighted by molar-refractivity contribution is 0.198. The summed E-state index contributed by atoms with van der Waals surface area (Å²) < 4.78 is 10.9. The van der Waals surface area contributed by atoms with E-state index in [0.717, 1.165) is 18.1 Å². The predicted octanol–water partition coefficient (Wildman–Crippen LogP) is 2.17. The van der Waals surface area contributed by atoms with Crippen molar-refractivity contribution in [2.75, 3.05) is 27.3 Å². The van der Waals surface area contributed by atoms with Crippen LogP contribution in [0.15, 0.2) is 24.3 Å². The van der Waals surface area contributed by atoms with Gasteiger partial charge in [-0.25, -0.2) is 0 Å². The predicted molar refractivity (Wildman–Crippen MR) is 64.1 cm³/mol. The van der Waals surface area contributed by atoms with Crippen molar-refractivity contribution in [1.29, 1.82) is 0 Å². The molecule has 1 aromatic rings. The third-order valence-corrected chi connectivity index (χ3v) is 3.16. The zero-order valence-electron chi connectivity index (χ0n) is 9.98. The van der Waals surface area contributed by atoms with Gasteiger partial charge in [-0.1, -0.05) is 6.07 Å². The fraction of sp³-hybridized carbons (Fsp3) is 0.538. The first-order chi connectivity index (χ1) is 7.79. The highest BCUT2D eigenvalue weighted by molar-refractivity contribution is 5.32. The summed E-state index contributed by atoms with van der Waals surface area (Å²) in [5, 5.41) is 0. The Balaban J connectivity index is 1.88. The molecule has 0 amide bonds. The van der Waals surface area contributed by atoms with Crippen LogP contribution in [0.25, 0.3) is 0 Å². The molecule has 3 heteroatoms. The summed E-state index contributed by atoms with van der Waals surface area (Å²) in [6.07, 6.45) is 2.52. The Bertz CT molecular complexity index is 340. The van der Waals surface area contributed by atoms with E-state index in [9.17, 15) is 0 Å². The Labute approximate surface area is 97.0 Å². The molecular formula is C13H19NO2. The molecule has 0 saturated carbocycles. The third-order valence-electron chi connectivity index (χ3n) is 3.16. The molecule has 0 unspecified atom stereocenters. The minimum absolute atomic E-state index is 0.561. The van der Waals surface area contributed by atoms with Crippen LogP contribution in [0.3, 0.4) is 0 Å². The lowest BCUT2D eigenvalue weighted by Crippen LogP contribution is -2.30. The van der Waals surface area contributed by atoms with Crippen LogP contribution in [0.4, 0.5) is 0 Å². The zero-order chi connectivity index (χ0) is 11.4. The molecule has 0 spiro atoms. The van der Waals surface area contributed by atoms with Crippen LogP contribution in [-0.2, 0) is 0 Å². The van der Waals surface area contributed by atoms with Crippen molar-refractivity contribution in [2.24, 2.45) is 0 Å². The summed E-state index contributed by atoms with van der Waals surface area (Å²) >= 11 is 0. The molecule has 0 N–H and O–H groups in total. The summed E-state index contributed by atoms with van der Waals surface area (Å²) in [6.45, 7) is 1.95. The maximum absolute atomic E-state index is 5.78. The SMILES string of the molecule is COc1cccc(OC[C@@H]2CCCN2C)c1. The van der Waals surface area contributed by atoms with Crippen molar-refractivity contribution in [1.82, 2.24) is 4.90 Å². The van der Waals surface area contributed by atoms with E-state index in [0.29, 0.717) is 6.04 Å². The standard InChI is InChI=1S/C13H19NO2/c1-14-8-4-5-11(14)10-16-13-7-3-6-12(9-13)15-2/h3,6-7,9,11H,4-5,8,10H2,1-2H3/t11-/m0/s1. The molecule has 3 nitrogen and oxygen atoms in total. The maximum atomic E-state index is 5.78. The first-order valence-corrected chi connectivity index (χ1v) is 5.76. The third kappa shape index (κ3) is 2.67. The van der Waals surface area contributed by atoms with Crippen LogP contribution < -0.4 is 9.47 Å². The van der Waals surface area contributed by atoms with Gasteiger partial charge in [0.05, 0.1) is 7.11 Å². The molecule has 0 radical (unpaired) electrons. The number of ether oxygens (including phenoxy) is 2. The number of likely N-dealkylation sites (N-methyl/N-ethyl adjacent to an activating group) is 1. The lowest BCUT2D eigenvalue weighted by atomic mass is 10.2. The van der Waals surface area contributed by atoms with Gasteiger partial charge in [0.1, 0.15) is 18.1 Å². The molecule has 1 aromatic carbocycles. The van der Waals surface area contributed by atoms with Gasteiger partial charge in [-0.05, 0) is 38.6 Å². The fourth-order valence-corrected chi connectivity index (χ4v) is 2.07. The maximum Gasteiger partial charge on any atom is 0.123 e. The van der Waals surface area contributed by atoms with Gasteiger partial charge >= 0.3 is 0 Å². The first kappa shape index (κ1) is 11.3. The van der Waals surface area contributed by atoms with Crippen molar-refractivity contribution in [3.05, 3.63) is 24.3 Å². The summed E-state index contributed by atoms with van der Waals surface area (Å²) in [6, 6.07) is 8.33. The summed E-state index contributed by atoms with van der Waals surface area (Å²) in [5.74, 6) is 1.73. The van der Waals surface area contributed by atoms with Crippen molar-refractivity contribution >= 4 is 0 Å². The van der Waals surface area contributed by atoms with E-state index in [1.165, 1.54) is 19.4 Å². The number of hydrogen-bond acceptors (Lipinski definition) is 3. The van der Waals surface area contributed by atoms with Gasteiger partial charge in [0.15, 0.2) is 0 Å². The zero-order valence-corrected chi connectivity index (χ0v) is 9.98. The Morgan fingerprint density at radius 3 is 2.88 bits per heavy atom. The average molecular weight is 221 g/mol. The summed E-state index contributed by atoms with van der Waals surface area (Å²) in [5.41, 5.74) is 0. The summed E-state index contributed by atoms with van der Waals surface area (Å²) in [7, 11) is 3.83. The molecule has 0 bridgehead atoms. The minimum Gasteiger partial charge on any atom is -0.497 e. The number of rotatable bonds is 4. The highest BCUT2D eigenvalue weighted by atomic mass is 16.5. The lowest BCUT2D eigenvalue weighted by Gasteiger charge is -2.19. The van der Waals surface area contributed by atoms with E-state index in [1.54, 1.807) is 7.11 Å². The van der Waals surface area contributed by atoms with Gasteiger partial charge in [0.25, 0.3) is 0 Å². The monoisotopic (exact) mass is 221 g/mol. The van der Waals surface area contributed by atoms with E-state index in [-0.39, 0.29) is 0 Å². The van der Waals surface area contributed by atoms with E-state index < -0.39 is 0 Å². The van der Waals surface area contributed by atoms with Crippen LogP contribution in [0.1, 0.15) is 12.8 Å². The van der Waals surface area contributed by atoms with E-state index >= 15 is 0 Å². The van der Waals surface area contributed by atoms with Crippen LogP contribution >= 0.6 is 0 Å². The Kier molecular flexibility index (Phi) is 3.67. The normalized spacial score (nSPS) is 21.0. The molecule has 1 atom stereocenters. The molecule has 0 aromatic heterocycles. The van der Waals surface area contributed by atoms with Gasteiger partial charge < -0.3 is 14.4 Å². The van der Waals surface area contributed by atoms with Crippen LogP contribution in [0, 0.1) is 0 Å². The van der Waals surface area contributed by atoms with Crippen molar-refractivity contribution in [3.8, 4) is 11.5 Å². The molecule has 1 aliphatic rings. The molecule has 16 heavy (non-hydrogen) atoms. The van der Waals surface area contributed by atoms with Gasteiger partial charge in [0, 0.05) is 12.1 Å². The molecule has 1 fully saturated rings. The second-order valence-electron chi connectivity index (χ2n) is 4.27. The van der Waals surface area contributed by atoms with Crippen molar-refractivity contribution < 1.29 is 9.47 Å². The molecule has 0 aliphatic carbocycles. The van der Waals surface area contributed by atoms with Crippen LogP contribution in [-0.4, -0.2) is 38.3 Å². The molecule has 1 saturated heterocycles. The summed E-state index contributed by atoms with van der Waals surface area (Å²) in [4.78, 5) is 2.36. The quantitative estimate of drug-likeness (QED) is 0.777. The molecular weight excluding hydrogens is 202 g/mol. The molecule has 1 aliphatic heterocycles. The molecule has 1 heterocycles. The van der Waals surface area contributed by atoms with Crippen LogP contribution in [0.2, 0.25) is 0 Å². The highest BCUT2D eigenvalue weighted by Gasteiger charge is 2.21. The van der Waals surface area contributed by atoms with Crippen molar-refractivity contribution in [2.45, 2.75) is 18.9 Å². The van der Waals surface area contributed by atoms with Gasteiger partial charge in [-0.2, -0.15) is 0 Å². The first-order valence-electron chi connectivity index (χ1n) is 5.76. The smallest absolute Gasteiger partial charge is 0.123 e. The van der Waals surface area contributed by atoms with Crippen molar-refractivity contribution in [3.63, 3.8) is 0 Å². The molecule has 88 valence electrons. The Morgan fingerprint density at radius 2 is 2.19 bits per heavy atom. The van der Waals surface area contributed by atoms with Gasteiger partial charge in [-0.15, -0.1) is 0 Å². The second-order valence-corrected chi connectivity index (χ2v) is 4.27. The number of benzene rings is 1. The Morgan fingerprint density at radius 1 is 1.38 bits per heavy atom. The largest absolute Gasteiger partial charge is 0.497 e. The Hall–Kier alpha value is -1.22. The topological polar surface area (TPSA) is 21.7 Å². The van der Waals surface area contributed by atoms with E-state index in [4.69, 9.17) is 9.47 Å². The number of hydrogen-bond donors (Lipinski definition) is 0.